The first-order valence-electron chi connectivity index (χ1n) is 6.42. The van der Waals surface area contributed by atoms with Crippen LogP contribution in [0, 0.1) is 0 Å². The Balaban J connectivity index is 1.81. The number of fused-ring (bicyclic) bond motifs is 1. The predicted octanol–water partition coefficient (Wildman–Crippen LogP) is 2.52. The van der Waals surface area contributed by atoms with Gasteiger partial charge in [0.15, 0.2) is 0 Å². The van der Waals surface area contributed by atoms with Crippen LogP contribution in [0.5, 0.6) is 0 Å². The molecule has 0 spiro atoms. The third-order valence-corrected chi connectivity index (χ3v) is 3.21. The van der Waals surface area contributed by atoms with Gasteiger partial charge in [-0.3, -0.25) is 10.2 Å². The molecule has 0 bridgehead atoms. The fraction of sp³-hybridized carbons (Fsp3) is 0.200. The number of nitrogens with zero attached hydrogens (tertiary/aromatic N) is 1. The second-order valence-corrected chi connectivity index (χ2v) is 4.59. The number of carbonyl (C=O) groups excluding carboxylic acids is 1. The molecule has 2 N–H and O–H groups in total. The highest BCUT2D eigenvalue weighted by molar-refractivity contribution is 6.39. The summed E-state index contributed by atoms with van der Waals surface area (Å²) >= 11 is 0. The highest BCUT2D eigenvalue weighted by atomic mass is 16.2. The zero-order chi connectivity index (χ0) is 13.1. The summed E-state index contributed by atoms with van der Waals surface area (Å²) in [4.78, 5) is 11.5. The number of anilines is 1. The zero-order valence-electron chi connectivity index (χ0n) is 10.5. The van der Waals surface area contributed by atoms with Crippen molar-refractivity contribution in [3.05, 3.63) is 42.5 Å². The first-order valence-corrected chi connectivity index (χ1v) is 6.42. The lowest BCUT2D eigenvalue weighted by molar-refractivity contribution is -0.115. The number of piperidine rings is 1. The van der Waals surface area contributed by atoms with Crippen LogP contribution in [0.15, 0.2) is 47.6 Å². The molecule has 4 nitrogen and oxygen atoms in total. The maximum atomic E-state index is 11.5. The van der Waals surface area contributed by atoms with Gasteiger partial charge in [0.25, 0.3) is 5.91 Å². The SMILES string of the molecule is O=C1NCCCC1=NNc1ccc2ccccc2c1. The lowest BCUT2D eigenvalue weighted by Gasteiger charge is -2.13. The molecule has 0 aromatic heterocycles. The van der Waals surface area contributed by atoms with Crippen LogP contribution in [0.25, 0.3) is 10.8 Å². The van der Waals surface area contributed by atoms with Gasteiger partial charge in [-0.25, -0.2) is 0 Å². The van der Waals surface area contributed by atoms with Crippen LogP contribution in [0.2, 0.25) is 0 Å². The predicted molar refractivity (Wildman–Crippen MR) is 77.2 cm³/mol. The topological polar surface area (TPSA) is 53.5 Å². The Morgan fingerprint density at radius 3 is 2.79 bits per heavy atom. The minimum Gasteiger partial charge on any atom is -0.351 e. The fourth-order valence-corrected chi connectivity index (χ4v) is 2.17. The van der Waals surface area contributed by atoms with Crippen LogP contribution < -0.4 is 10.7 Å². The molecule has 3 rings (SSSR count). The number of nitrogens with one attached hydrogen (secondary N) is 2. The maximum absolute atomic E-state index is 11.5. The molecule has 1 fully saturated rings. The van der Waals surface area contributed by atoms with Gasteiger partial charge in [0, 0.05) is 6.54 Å². The van der Waals surface area contributed by atoms with Crippen molar-refractivity contribution in [2.24, 2.45) is 5.10 Å². The van der Waals surface area contributed by atoms with Crippen molar-refractivity contribution in [3.63, 3.8) is 0 Å². The molecular formula is C15H15N3O. The molecule has 2 aromatic rings. The van der Waals surface area contributed by atoms with Crippen LogP contribution in [0.3, 0.4) is 0 Å². The number of hydrogen-bond acceptors (Lipinski definition) is 3. The van der Waals surface area contributed by atoms with E-state index < -0.39 is 0 Å². The Hall–Kier alpha value is -2.36. The monoisotopic (exact) mass is 253 g/mol. The number of rotatable bonds is 2. The molecule has 1 aliphatic rings. The Morgan fingerprint density at radius 1 is 1.11 bits per heavy atom. The van der Waals surface area contributed by atoms with Crippen LogP contribution >= 0.6 is 0 Å². The van der Waals surface area contributed by atoms with Crippen LogP contribution in [0.4, 0.5) is 5.69 Å². The highest BCUT2D eigenvalue weighted by Gasteiger charge is 2.15. The number of benzene rings is 2. The van der Waals surface area contributed by atoms with Crippen molar-refractivity contribution >= 4 is 28.1 Å². The third kappa shape index (κ3) is 2.57. The first-order chi connectivity index (χ1) is 9.33. The van der Waals surface area contributed by atoms with Gasteiger partial charge in [-0.05, 0) is 35.7 Å². The van der Waals surface area contributed by atoms with Gasteiger partial charge in [0.05, 0.1) is 5.69 Å². The van der Waals surface area contributed by atoms with E-state index in [0.29, 0.717) is 5.71 Å². The molecule has 96 valence electrons. The van der Waals surface area contributed by atoms with Crippen LogP contribution in [-0.4, -0.2) is 18.2 Å². The Kier molecular flexibility index (Phi) is 3.14. The van der Waals surface area contributed by atoms with E-state index in [1.807, 2.05) is 30.3 Å². The van der Waals surface area contributed by atoms with E-state index in [9.17, 15) is 4.79 Å². The molecule has 0 atom stereocenters. The van der Waals surface area contributed by atoms with Gasteiger partial charge in [-0.15, -0.1) is 0 Å². The summed E-state index contributed by atoms with van der Waals surface area (Å²) in [7, 11) is 0. The standard InChI is InChI=1S/C15H15N3O/c19-15-14(6-3-9-16-15)18-17-13-8-7-11-4-1-2-5-12(11)10-13/h1-2,4-5,7-8,10,17H,3,6,9H2,(H,16,19). The van der Waals surface area contributed by atoms with Crippen LogP contribution in [0.1, 0.15) is 12.8 Å². The van der Waals surface area contributed by atoms with E-state index in [-0.39, 0.29) is 5.91 Å². The maximum Gasteiger partial charge on any atom is 0.267 e. The molecule has 1 saturated heterocycles. The summed E-state index contributed by atoms with van der Waals surface area (Å²) < 4.78 is 0. The van der Waals surface area contributed by atoms with Crippen molar-refractivity contribution in [1.82, 2.24) is 5.32 Å². The number of hydrazone groups is 1. The van der Waals surface area contributed by atoms with Gasteiger partial charge in [0.1, 0.15) is 5.71 Å². The smallest absolute Gasteiger partial charge is 0.267 e. The molecule has 1 heterocycles. The van der Waals surface area contributed by atoms with Gasteiger partial charge in [-0.1, -0.05) is 30.3 Å². The first kappa shape index (κ1) is 11.7. The van der Waals surface area contributed by atoms with Crippen molar-refractivity contribution in [3.8, 4) is 0 Å². The lowest BCUT2D eigenvalue weighted by Crippen LogP contribution is -2.37. The number of amides is 1. The Bertz CT molecular complexity index is 649. The molecule has 19 heavy (non-hydrogen) atoms. The zero-order valence-corrected chi connectivity index (χ0v) is 10.5. The Morgan fingerprint density at radius 2 is 1.95 bits per heavy atom. The van der Waals surface area contributed by atoms with E-state index in [4.69, 9.17) is 0 Å². The van der Waals surface area contributed by atoms with E-state index in [0.717, 1.165) is 30.5 Å². The van der Waals surface area contributed by atoms with E-state index in [1.165, 1.54) is 5.39 Å². The largest absolute Gasteiger partial charge is 0.351 e. The minimum absolute atomic E-state index is 0.0699. The molecule has 0 unspecified atom stereocenters. The number of hydrogen-bond donors (Lipinski definition) is 2. The van der Waals surface area contributed by atoms with Gasteiger partial charge in [0.2, 0.25) is 0 Å². The average molecular weight is 253 g/mol. The van der Waals surface area contributed by atoms with Crippen molar-refractivity contribution in [1.29, 1.82) is 0 Å². The molecule has 0 radical (unpaired) electrons. The van der Waals surface area contributed by atoms with Crippen LogP contribution in [-0.2, 0) is 4.79 Å². The second kappa shape index (κ2) is 5.10. The summed E-state index contributed by atoms with van der Waals surface area (Å²) in [6.07, 6.45) is 1.68. The molecule has 0 aliphatic carbocycles. The van der Waals surface area contributed by atoms with Crippen molar-refractivity contribution in [2.45, 2.75) is 12.8 Å². The average Bonchev–Trinajstić information content (AvgIpc) is 2.46. The molecular weight excluding hydrogens is 238 g/mol. The molecule has 1 aliphatic heterocycles. The van der Waals surface area contributed by atoms with Crippen molar-refractivity contribution in [2.75, 3.05) is 12.0 Å². The van der Waals surface area contributed by atoms with E-state index in [1.54, 1.807) is 0 Å². The van der Waals surface area contributed by atoms with Gasteiger partial charge < -0.3 is 5.32 Å². The highest BCUT2D eigenvalue weighted by Crippen LogP contribution is 2.18. The second-order valence-electron chi connectivity index (χ2n) is 4.59. The fourth-order valence-electron chi connectivity index (χ4n) is 2.17. The third-order valence-electron chi connectivity index (χ3n) is 3.21. The molecule has 0 saturated carbocycles. The summed E-state index contributed by atoms with van der Waals surface area (Å²) in [5.74, 6) is -0.0699. The minimum atomic E-state index is -0.0699. The van der Waals surface area contributed by atoms with E-state index >= 15 is 0 Å². The Labute approximate surface area is 111 Å². The summed E-state index contributed by atoms with van der Waals surface area (Å²) in [6, 6.07) is 14.2. The summed E-state index contributed by atoms with van der Waals surface area (Å²) in [5.41, 5.74) is 4.43. The molecule has 2 aromatic carbocycles. The lowest BCUT2D eigenvalue weighted by atomic mass is 10.1. The normalized spacial score (nSPS) is 17.5. The molecule has 1 amide bonds. The quantitative estimate of drug-likeness (QED) is 0.808. The summed E-state index contributed by atoms with van der Waals surface area (Å²) in [5, 5.41) is 9.33. The van der Waals surface area contributed by atoms with E-state index in [2.05, 4.69) is 28.0 Å². The molecule has 4 heteroatoms. The summed E-state index contributed by atoms with van der Waals surface area (Å²) in [6.45, 7) is 0.744. The van der Waals surface area contributed by atoms with Crippen molar-refractivity contribution < 1.29 is 4.79 Å². The number of carbonyl (C=O) groups is 1. The van der Waals surface area contributed by atoms with Gasteiger partial charge in [-0.2, -0.15) is 5.10 Å². The van der Waals surface area contributed by atoms with Gasteiger partial charge >= 0.3 is 0 Å².